The molecule has 1 aliphatic rings. The molecule has 0 amide bonds. The van der Waals surface area contributed by atoms with E-state index in [2.05, 4.69) is 14.6 Å². The Hall–Kier alpha value is -2.10. The molecule has 2 aromatic rings. The highest BCUT2D eigenvalue weighted by atomic mass is 31.2. The van der Waals surface area contributed by atoms with E-state index >= 15 is 0 Å². The van der Waals surface area contributed by atoms with E-state index in [1.165, 1.54) is 16.6 Å². The molecule has 3 rings (SSSR count). The highest BCUT2D eigenvalue weighted by Crippen LogP contribution is 2.42. The second-order valence-corrected chi connectivity index (χ2v) is 6.63. The van der Waals surface area contributed by atoms with Crippen molar-refractivity contribution >= 4 is 19.2 Å². The van der Waals surface area contributed by atoms with Crippen molar-refractivity contribution in [3.8, 4) is 6.07 Å². The van der Waals surface area contributed by atoms with Gasteiger partial charge < -0.3 is 30.5 Å². The van der Waals surface area contributed by atoms with Crippen LogP contribution in [0, 0.1) is 11.3 Å². The highest BCUT2D eigenvalue weighted by Gasteiger charge is 2.57. The number of hydrogen-bond donors (Lipinski definition) is 5. The predicted molar refractivity (Wildman–Crippen MR) is 79.6 cm³/mol. The Morgan fingerprint density at radius 2 is 2.20 bits per heavy atom. The molecule has 0 spiro atoms. The fraction of sp³-hybridized carbons (Fsp3) is 0.417. The topological polar surface area (TPSA) is 196 Å². The van der Waals surface area contributed by atoms with Gasteiger partial charge in [0.25, 0.3) is 0 Å². The van der Waals surface area contributed by atoms with Crippen LogP contribution < -0.4 is 5.73 Å². The van der Waals surface area contributed by atoms with Gasteiger partial charge in [-0.25, -0.2) is 14.1 Å². The number of nitrogen functional groups attached to an aromatic ring is 1. The number of ether oxygens (including phenoxy) is 1. The number of phosphoric ester groups is 1. The molecule has 0 radical (unpaired) electrons. The summed E-state index contributed by atoms with van der Waals surface area (Å²) in [6.45, 7) is -0.730. The van der Waals surface area contributed by atoms with Crippen molar-refractivity contribution in [1.29, 1.82) is 5.26 Å². The van der Waals surface area contributed by atoms with Gasteiger partial charge in [0, 0.05) is 0 Å². The maximum absolute atomic E-state index is 10.8. The van der Waals surface area contributed by atoms with Gasteiger partial charge in [0.15, 0.2) is 5.82 Å². The van der Waals surface area contributed by atoms with Gasteiger partial charge in [-0.05, 0) is 12.1 Å². The minimum absolute atomic E-state index is 0.0735. The normalized spacial score (nSPS) is 29.8. The summed E-state index contributed by atoms with van der Waals surface area (Å²) in [7, 11) is -4.82. The molecular formula is C12H14N5O7P. The molecule has 12 nitrogen and oxygen atoms in total. The van der Waals surface area contributed by atoms with Crippen molar-refractivity contribution in [2.75, 3.05) is 12.3 Å². The lowest BCUT2D eigenvalue weighted by atomic mass is 9.92. The van der Waals surface area contributed by atoms with Gasteiger partial charge in [-0.1, -0.05) is 0 Å². The zero-order valence-electron chi connectivity index (χ0n) is 12.5. The summed E-state index contributed by atoms with van der Waals surface area (Å²) in [5.41, 5.74) is 4.10. The maximum Gasteiger partial charge on any atom is 0.469 e. The van der Waals surface area contributed by atoms with Crippen LogP contribution in [0.2, 0.25) is 0 Å². The fourth-order valence-electron chi connectivity index (χ4n) is 2.72. The van der Waals surface area contributed by atoms with Gasteiger partial charge >= 0.3 is 7.82 Å². The summed E-state index contributed by atoms with van der Waals surface area (Å²) in [6, 6.07) is 4.72. The number of aliphatic hydroxyl groups is 2. The molecule has 6 N–H and O–H groups in total. The first-order valence-corrected chi connectivity index (χ1v) is 8.46. The maximum atomic E-state index is 10.8. The summed E-state index contributed by atoms with van der Waals surface area (Å²) in [5, 5.41) is 34.1. The first kappa shape index (κ1) is 17.7. The fourth-order valence-corrected chi connectivity index (χ4v) is 3.06. The van der Waals surface area contributed by atoms with Gasteiger partial charge in [0.1, 0.15) is 36.2 Å². The van der Waals surface area contributed by atoms with Crippen molar-refractivity contribution < 1.29 is 33.8 Å². The molecule has 1 saturated heterocycles. The number of aliphatic hydroxyl groups excluding tert-OH is 2. The zero-order valence-corrected chi connectivity index (χ0v) is 13.4. The molecule has 25 heavy (non-hydrogen) atoms. The van der Waals surface area contributed by atoms with Crippen molar-refractivity contribution in [2.24, 2.45) is 0 Å². The molecule has 0 bridgehead atoms. The second-order valence-electron chi connectivity index (χ2n) is 5.39. The number of nitrogens with two attached hydrogens (primary N) is 1. The molecule has 3 heterocycles. The number of nitrogens with zero attached hydrogens (tertiary/aromatic N) is 4. The van der Waals surface area contributed by atoms with Gasteiger partial charge in [0.05, 0.1) is 12.3 Å². The van der Waals surface area contributed by atoms with E-state index in [9.17, 15) is 20.0 Å². The molecule has 134 valence electrons. The molecule has 13 heteroatoms. The third-order valence-corrected chi connectivity index (χ3v) is 4.38. The van der Waals surface area contributed by atoms with E-state index in [-0.39, 0.29) is 11.5 Å². The summed E-state index contributed by atoms with van der Waals surface area (Å²) in [6.07, 6.45) is -3.57. The second kappa shape index (κ2) is 6.01. The smallest absolute Gasteiger partial charge is 0.387 e. The summed E-state index contributed by atoms with van der Waals surface area (Å²) in [5.74, 6) is 0.128. The standard InChI is InChI=1S/C12H14N5O7P/c13-4-12(8-2-1-6-11(14)15-5-16-17(6)8)10(19)9(18)7(24-12)3-23-25(20,21)22/h1-2,5,7,9-10,18-19H,3H2,(H2,14,15,16)(H2,20,21,22)/t7-,9-,10-,12+/m1/s1. The van der Waals surface area contributed by atoms with Gasteiger partial charge in [-0.15, -0.1) is 0 Å². The Kier molecular flexibility index (Phi) is 4.26. The monoisotopic (exact) mass is 371 g/mol. The minimum Gasteiger partial charge on any atom is -0.387 e. The number of nitriles is 1. The van der Waals surface area contributed by atoms with Crippen LogP contribution in [0.3, 0.4) is 0 Å². The lowest BCUT2D eigenvalue weighted by Gasteiger charge is -2.24. The average molecular weight is 371 g/mol. The summed E-state index contributed by atoms with van der Waals surface area (Å²) >= 11 is 0. The van der Waals surface area contributed by atoms with Crippen LogP contribution >= 0.6 is 7.82 Å². The largest absolute Gasteiger partial charge is 0.469 e. The molecule has 0 saturated carbocycles. The zero-order chi connectivity index (χ0) is 18.4. The highest BCUT2D eigenvalue weighted by molar-refractivity contribution is 7.46. The van der Waals surface area contributed by atoms with Crippen molar-refractivity contribution in [3.63, 3.8) is 0 Å². The quantitative estimate of drug-likeness (QED) is 0.382. The van der Waals surface area contributed by atoms with E-state index in [1.807, 2.05) is 0 Å². The van der Waals surface area contributed by atoms with Crippen molar-refractivity contribution in [2.45, 2.75) is 23.9 Å². The Bertz CT molecular complexity index is 892. The molecule has 0 unspecified atom stereocenters. The van der Waals surface area contributed by atoms with Gasteiger partial charge in [-0.2, -0.15) is 10.4 Å². The van der Waals surface area contributed by atoms with Crippen LogP contribution in [-0.4, -0.2) is 59.5 Å². The third-order valence-electron chi connectivity index (χ3n) is 3.89. The van der Waals surface area contributed by atoms with Crippen LogP contribution in [-0.2, 0) is 19.4 Å². The number of anilines is 1. The van der Waals surface area contributed by atoms with E-state index < -0.39 is 38.3 Å². The summed E-state index contributed by atoms with van der Waals surface area (Å²) < 4.78 is 21.8. The Morgan fingerprint density at radius 1 is 1.48 bits per heavy atom. The molecule has 2 aromatic heterocycles. The molecular weight excluding hydrogens is 357 g/mol. The Morgan fingerprint density at radius 3 is 2.84 bits per heavy atom. The Balaban J connectivity index is 2.01. The minimum atomic E-state index is -4.82. The number of rotatable bonds is 4. The van der Waals surface area contributed by atoms with Crippen LogP contribution in [0.25, 0.3) is 5.52 Å². The predicted octanol–water partition coefficient (Wildman–Crippen LogP) is -1.74. The third kappa shape index (κ3) is 2.88. The number of aromatic nitrogens is 3. The first-order chi connectivity index (χ1) is 11.7. The lowest BCUT2D eigenvalue weighted by Crippen LogP contribution is -2.41. The first-order valence-electron chi connectivity index (χ1n) is 6.93. The molecule has 4 atom stereocenters. The molecule has 1 fully saturated rings. The van der Waals surface area contributed by atoms with Crippen LogP contribution in [0.15, 0.2) is 18.5 Å². The van der Waals surface area contributed by atoms with E-state index in [0.29, 0.717) is 5.52 Å². The number of phosphoric acid groups is 1. The Labute approximate surface area is 140 Å². The van der Waals surface area contributed by atoms with E-state index in [4.69, 9.17) is 20.3 Å². The SMILES string of the molecule is N#C[C@@]1(c2ccc3c(N)ncnn23)O[C@H](COP(=O)(O)O)[C@@H](O)[C@H]1O. The van der Waals surface area contributed by atoms with E-state index in [1.54, 1.807) is 6.07 Å². The van der Waals surface area contributed by atoms with Gasteiger partial charge in [0.2, 0.25) is 5.60 Å². The van der Waals surface area contributed by atoms with Crippen LogP contribution in [0.4, 0.5) is 5.82 Å². The van der Waals surface area contributed by atoms with Crippen molar-refractivity contribution in [1.82, 2.24) is 14.6 Å². The van der Waals surface area contributed by atoms with E-state index in [0.717, 1.165) is 6.33 Å². The molecule has 0 aromatic carbocycles. The molecule has 0 aliphatic carbocycles. The van der Waals surface area contributed by atoms with Crippen molar-refractivity contribution in [3.05, 3.63) is 24.2 Å². The van der Waals surface area contributed by atoms with Crippen LogP contribution in [0.1, 0.15) is 5.69 Å². The van der Waals surface area contributed by atoms with Crippen LogP contribution in [0.5, 0.6) is 0 Å². The number of fused-ring (bicyclic) bond motifs is 1. The van der Waals surface area contributed by atoms with Gasteiger partial charge in [-0.3, -0.25) is 4.52 Å². The summed E-state index contributed by atoms with van der Waals surface area (Å²) in [4.78, 5) is 21.3. The number of hydrogen-bond acceptors (Lipinski definition) is 9. The lowest BCUT2D eigenvalue weighted by molar-refractivity contribution is -0.0635. The average Bonchev–Trinajstić information content (AvgIpc) is 3.08. The molecule has 1 aliphatic heterocycles.